The summed E-state index contributed by atoms with van der Waals surface area (Å²) in [6, 6.07) is 13.7. The van der Waals surface area contributed by atoms with Gasteiger partial charge in [-0.3, -0.25) is 19.2 Å². The highest BCUT2D eigenvalue weighted by Gasteiger charge is 2.45. The SMILES string of the molecule is COC(=O)C1(NC(N)=O)CCN(C(=O)[C@@H](CCCCN)NC(=O)[C@@H](CCC(C)C)NC(=O)[C@@H](Cc2ccccc2)NC(=O)[C@H](N)Cc2ccccc2)CC1. The number of ether oxygens (including phenoxy) is 1. The zero-order chi connectivity index (χ0) is 39.7. The van der Waals surface area contributed by atoms with Crippen LogP contribution < -0.4 is 38.5 Å². The molecule has 0 aromatic heterocycles. The molecule has 10 N–H and O–H groups in total. The van der Waals surface area contributed by atoms with E-state index in [0.29, 0.717) is 25.8 Å². The zero-order valence-electron chi connectivity index (χ0n) is 31.7. The number of benzene rings is 2. The van der Waals surface area contributed by atoms with Gasteiger partial charge in [0.2, 0.25) is 23.6 Å². The van der Waals surface area contributed by atoms with Crippen LogP contribution >= 0.6 is 0 Å². The Balaban J connectivity index is 1.80. The molecule has 0 bridgehead atoms. The Hall–Kier alpha value is -5.02. The summed E-state index contributed by atoms with van der Waals surface area (Å²) in [5.74, 6) is -2.44. The quantitative estimate of drug-likeness (QED) is 0.0754. The molecule has 0 spiro atoms. The molecule has 1 fully saturated rings. The molecule has 15 nitrogen and oxygen atoms in total. The summed E-state index contributed by atoms with van der Waals surface area (Å²) >= 11 is 0. The maximum atomic E-state index is 14.0. The number of likely N-dealkylation sites (tertiary alicyclic amines) is 1. The zero-order valence-corrected chi connectivity index (χ0v) is 31.7. The van der Waals surface area contributed by atoms with Gasteiger partial charge in [-0.1, -0.05) is 74.5 Å². The molecule has 1 aliphatic heterocycles. The van der Waals surface area contributed by atoms with Gasteiger partial charge in [0, 0.05) is 19.5 Å². The van der Waals surface area contributed by atoms with Crippen LogP contribution in [-0.2, 0) is 41.6 Å². The van der Waals surface area contributed by atoms with Gasteiger partial charge in [-0.05, 0) is 75.0 Å². The van der Waals surface area contributed by atoms with E-state index in [1.807, 2.05) is 74.5 Å². The number of esters is 1. The molecule has 0 saturated carbocycles. The molecule has 6 amide bonds. The molecule has 296 valence electrons. The van der Waals surface area contributed by atoms with Crippen LogP contribution in [0.4, 0.5) is 4.79 Å². The smallest absolute Gasteiger partial charge is 0.331 e. The van der Waals surface area contributed by atoms with E-state index in [-0.39, 0.29) is 63.4 Å². The lowest BCUT2D eigenvalue weighted by Crippen LogP contribution is -2.63. The number of hydrogen-bond acceptors (Lipinski definition) is 9. The third-order valence-electron chi connectivity index (χ3n) is 9.65. The summed E-state index contributed by atoms with van der Waals surface area (Å²) in [5.41, 5.74) is 17.7. The van der Waals surface area contributed by atoms with E-state index in [0.717, 1.165) is 11.1 Å². The van der Waals surface area contributed by atoms with E-state index >= 15 is 0 Å². The van der Waals surface area contributed by atoms with Crippen molar-refractivity contribution in [2.24, 2.45) is 23.1 Å². The predicted octanol–water partition coefficient (Wildman–Crippen LogP) is 1.02. The summed E-state index contributed by atoms with van der Waals surface area (Å²) in [6.07, 6.45) is 2.89. The standard InChI is InChI=1S/C39H58N8O7/c1-26(2)17-18-30(43-35(50)32(25-28-14-8-5-9-15-28)45-33(48)29(41)24-27-12-6-4-7-13-27)34(49)44-31(16-10-11-21-40)36(51)47-22-19-39(20-23-47,37(52)54-3)46-38(42)53/h4-9,12-15,26,29-32H,10-11,16-25,40-41H2,1-3H3,(H,43,50)(H,44,49)(H,45,48)(H3,42,46,53)/t29-,30-,31-,32-/m1/s1. The van der Waals surface area contributed by atoms with E-state index in [4.69, 9.17) is 21.9 Å². The highest BCUT2D eigenvalue weighted by Crippen LogP contribution is 2.25. The molecular weight excluding hydrogens is 692 g/mol. The number of hydrogen-bond donors (Lipinski definition) is 7. The Kier molecular flexibility index (Phi) is 17.4. The Morgan fingerprint density at radius 3 is 1.81 bits per heavy atom. The lowest BCUT2D eigenvalue weighted by atomic mass is 9.87. The van der Waals surface area contributed by atoms with Gasteiger partial charge in [-0.2, -0.15) is 0 Å². The van der Waals surface area contributed by atoms with Crippen molar-refractivity contribution in [3.63, 3.8) is 0 Å². The van der Waals surface area contributed by atoms with Crippen molar-refractivity contribution in [1.29, 1.82) is 0 Å². The molecule has 3 rings (SSSR count). The van der Waals surface area contributed by atoms with Gasteiger partial charge < -0.3 is 48.1 Å². The Bertz CT molecular complexity index is 1530. The molecule has 1 aliphatic rings. The number of amides is 6. The first kappa shape index (κ1) is 43.4. The molecule has 1 saturated heterocycles. The third kappa shape index (κ3) is 13.4. The Morgan fingerprint density at radius 1 is 0.741 bits per heavy atom. The minimum absolute atomic E-state index is 0.0639. The molecule has 54 heavy (non-hydrogen) atoms. The summed E-state index contributed by atoms with van der Waals surface area (Å²) in [4.78, 5) is 81.2. The minimum atomic E-state index is -1.38. The predicted molar refractivity (Wildman–Crippen MR) is 204 cm³/mol. The van der Waals surface area contributed by atoms with Gasteiger partial charge in [0.15, 0.2) is 0 Å². The topological polar surface area (TPSA) is 241 Å². The highest BCUT2D eigenvalue weighted by atomic mass is 16.5. The average Bonchev–Trinajstić information content (AvgIpc) is 3.15. The fourth-order valence-electron chi connectivity index (χ4n) is 6.50. The lowest BCUT2D eigenvalue weighted by molar-refractivity contribution is -0.152. The van der Waals surface area contributed by atoms with Crippen LogP contribution in [0, 0.1) is 5.92 Å². The maximum absolute atomic E-state index is 14.0. The number of piperidine rings is 1. The van der Waals surface area contributed by atoms with Gasteiger partial charge in [-0.25, -0.2) is 9.59 Å². The van der Waals surface area contributed by atoms with E-state index in [2.05, 4.69) is 21.3 Å². The minimum Gasteiger partial charge on any atom is -0.467 e. The van der Waals surface area contributed by atoms with Crippen molar-refractivity contribution in [3.8, 4) is 0 Å². The number of urea groups is 1. The second kappa shape index (κ2) is 21.6. The summed E-state index contributed by atoms with van der Waals surface area (Å²) < 4.78 is 4.91. The van der Waals surface area contributed by atoms with Crippen molar-refractivity contribution in [3.05, 3.63) is 71.8 Å². The van der Waals surface area contributed by atoms with E-state index in [1.165, 1.54) is 12.0 Å². The van der Waals surface area contributed by atoms with Gasteiger partial charge in [0.1, 0.15) is 23.7 Å². The van der Waals surface area contributed by atoms with Crippen LogP contribution in [0.1, 0.15) is 69.9 Å². The van der Waals surface area contributed by atoms with Crippen molar-refractivity contribution in [1.82, 2.24) is 26.2 Å². The normalized spacial score (nSPS) is 15.9. The highest BCUT2D eigenvalue weighted by molar-refractivity contribution is 5.95. The monoisotopic (exact) mass is 750 g/mol. The summed E-state index contributed by atoms with van der Waals surface area (Å²) in [7, 11) is 1.21. The van der Waals surface area contributed by atoms with Crippen LogP contribution in [0.25, 0.3) is 0 Å². The molecule has 0 aliphatic carbocycles. The molecule has 15 heteroatoms. The number of primary amides is 1. The fourth-order valence-corrected chi connectivity index (χ4v) is 6.50. The fraction of sp³-hybridized carbons (Fsp3) is 0.538. The van der Waals surface area contributed by atoms with Crippen LogP contribution in [0.15, 0.2) is 60.7 Å². The number of nitrogens with one attached hydrogen (secondary N) is 4. The Labute approximate surface area is 317 Å². The van der Waals surface area contributed by atoms with Crippen LogP contribution in [0.3, 0.4) is 0 Å². The van der Waals surface area contributed by atoms with Crippen LogP contribution in [-0.4, -0.2) is 97.0 Å². The van der Waals surface area contributed by atoms with Crippen molar-refractivity contribution in [2.75, 3.05) is 26.7 Å². The number of rotatable bonds is 20. The second-order valence-electron chi connectivity index (χ2n) is 14.3. The van der Waals surface area contributed by atoms with Crippen LogP contribution in [0.2, 0.25) is 0 Å². The van der Waals surface area contributed by atoms with E-state index < -0.39 is 59.4 Å². The number of unbranched alkanes of at least 4 members (excludes halogenated alkanes) is 1. The van der Waals surface area contributed by atoms with E-state index in [1.54, 1.807) is 0 Å². The molecule has 2 aromatic rings. The first-order valence-corrected chi connectivity index (χ1v) is 18.7. The number of carbonyl (C=O) groups is 6. The van der Waals surface area contributed by atoms with Gasteiger partial charge in [-0.15, -0.1) is 0 Å². The van der Waals surface area contributed by atoms with Gasteiger partial charge in [0.25, 0.3) is 0 Å². The summed E-state index contributed by atoms with van der Waals surface area (Å²) in [6.45, 7) is 4.59. The van der Waals surface area contributed by atoms with Gasteiger partial charge in [0.05, 0.1) is 13.2 Å². The second-order valence-corrected chi connectivity index (χ2v) is 14.3. The maximum Gasteiger partial charge on any atom is 0.331 e. The number of nitrogens with zero attached hydrogens (tertiary/aromatic N) is 1. The largest absolute Gasteiger partial charge is 0.467 e. The van der Waals surface area contributed by atoms with E-state index in [9.17, 15) is 28.8 Å². The van der Waals surface area contributed by atoms with Crippen molar-refractivity contribution in [2.45, 2.75) is 101 Å². The molecule has 2 aromatic carbocycles. The molecule has 0 unspecified atom stereocenters. The molecule has 1 heterocycles. The first-order chi connectivity index (χ1) is 25.8. The summed E-state index contributed by atoms with van der Waals surface area (Å²) in [5, 5.41) is 11.1. The van der Waals surface area contributed by atoms with Crippen molar-refractivity contribution >= 4 is 35.6 Å². The van der Waals surface area contributed by atoms with Gasteiger partial charge >= 0.3 is 12.0 Å². The number of methoxy groups -OCH3 is 1. The molecule has 4 atom stereocenters. The third-order valence-corrected chi connectivity index (χ3v) is 9.65. The number of nitrogens with two attached hydrogens (primary N) is 3. The first-order valence-electron chi connectivity index (χ1n) is 18.7. The van der Waals surface area contributed by atoms with Crippen molar-refractivity contribution < 1.29 is 33.5 Å². The molecular formula is C39H58N8O7. The Morgan fingerprint density at radius 2 is 1.28 bits per heavy atom. The number of carbonyl (C=O) groups excluding carboxylic acids is 6. The van der Waals surface area contributed by atoms with Crippen LogP contribution in [0.5, 0.6) is 0 Å². The molecule has 0 radical (unpaired) electrons. The average molecular weight is 751 g/mol. The lowest BCUT2D eigenvalue weighted by Gasteiger charge is -2.40.